The number of pyridine rings is 1. The van der Waals surface area contributed by atoms with Crippen molar-refractivity contribution < 1.29 is 9.53 Å². The average molecular weight is 314 g/mol. The van der Waals surface area contributed by atoms with Crippen LogP contribution in [0.3, 0.4) is 0 Å². The van der Waals surface area contributed by atoms with Crippen molar-refractivity contribution in [1.29, 1.82) is 0 Å². The number of carbonyl (C=O) groups excluding carboxylic acids is 1. The predicted molar refractivity (Wildman–Crippen MR) is 86.8 cm³/mol. The third-order valence-corrected chi connectivity index (χ3v) is 4.10. The summed E-state index contributed by atoms with van der Waals surface area (Å²) < 4.78 is 7.40. The van der Waals surface area contributed by atoms with E-state index in [0.717, 1.165) is 23.6 Å². The predicted octanol–water partition coefficient (Wildman–Crippen LogP) is 2.14. The van der Waals surface area contributed by atoms with Gasteiger partial charge in [0.1, 0.15) is 0 Å². The van der Waals surface area contributed by atoms with Gasteiger partial charge in [-0.3, -0.25) is 4.79 Å². The maximum absolute atomic E-state index is 12.6. The van der Waals surface area contributed by atoms with E-state index in [4.69, 9.17) is 4.74 Å². The number of rotatable bonds is 3. The molecule has 3 rings (SSSR count). The second-order valence-electron chi connectivity index (χ2n) is 5.90. The summed E-state index contributed by atoms with van der Waals surface area (Å²) >= 11 is 0. The van der Waals surface area contributed by atoms with Crippen molar-refractivity contribution >= 4 is 5.91 Å². The minimum absolute atomic E-state index is 0.0131. The Hall–Kier alpha value is -2.21. The molecule has 1 amide bonds. The highest BCUT2D eigenvalue weighted by atomic mass is 16.5. The van der Waals surface area contributed by atoms with Crippen LogP contribution in [0.4, 0.5) is 0 Å². The van der Waals surface area contributed by atoms with Gasteiger partial charge in [-0.1, -0.05) is 6.92 Å². The second-order valence-corrected chi connectivity index (χ2v) is 5.90. The fourth-order valence-corrected chi connectivity index (χ4v) is 2.83. The first-order chi connectivity index (χ1) is 11.1. The highest BCUT2D eigenvalue weighted by molar-refractivity contribution is 5.94. The maximum Gasteiger partial charge on any atom is 0.255 e. The summed E-state index contributed by atoms with van der Waals surface area (Å²) in [6.45, 7) is 7.89. The highest BCUT2D eigenvalue weighted by Crippen LogP contribution is 2.14. The second kappa shape index (κ2) is 6.50. The Morgan fingerprint density at radius 3 is 2.83 bits per heavy atom. The number of nitrogens with zero attached hydrogens (tertiary/aromatic N) is 4. The van der Waals surface area contributed by atoms with Crippen LogP contribution in [0.1, 0.15) is 35.1 Å². The van der Waals surface area contributed by atoms with Gasteiger partial charge in [0.2, 0.25) is 0 Å². The Morgan fingerprint density at radius 2 is 2.22 bits per heavy atom. The minimum Gasteiger partial charge on any atom is -0.375 e. The van der Waals surface area contributed by atoms with E-state index in [2.05, 4.69) is 17.0 Å². The Balaban J connectivity index is 1.76. The summed E-state index contributed by atoms with van der Waals surface area (Å²) in [5, 5.41) is 4.41. The standard InChI is InChI=1S/C17H22N4O2/c1-4-15-11-20(7-8-23-15)17(22)14-5-6-16(18-10-14)21-13(3)9-12(2)19-21/h5-6,9-10,15H,4,7-8,11H2,1-3H3/t15-/m1/s1. The molecule has 0 radical (unpaired) electrons. The molecule has 0 unspecified atom stereocenters. The number of ether oxygens (including phenoxy) is 1. The summed E-state index contributed by atoms with van der Waals surface area (Å²) in [5.74, 6) is 0.736. The number of hydrogen-bond acceptors (Lipinski definition) is 4. The molecule has 1 fully saturated rings. The molecule has 1 aliphatic heterocycles. The van der Waals surface area contributed by atoms with Crippen LogP contribution >= 0.6 is 0 Å². The van der Waals surface area contributed by atoms with Crippen LogP contribution < -0.4 is 0 Å². The van der Waals surface area contributed by atoms with Gasteiger partial charge in [-0.15, -0.1) is 0 Å². The highest BCUT2D eigenvalue weighted by Gasteiger charge is 2.24. The molecule has 2 aromatic heterocycles. The lowest BCUT2D eigenvalue weighted by atomic mass is 10.2. The van der Waals surface area contributed by atoms with Crippen molar-refractivity contribution in [2.45, 2.75) is 33.3 Å². The Labute approximate surface area is 136 Å². The minimum atomic E-state index is 0.0131. The molecule has 23 heavy (non-hydrogen) atoms. The summed E-state index contributed by atoms with van der Waals surface area (Å²) in [6.07, 6.45) is 2.68. The Kier molecular flexibility index (Phi) is 4.43. The normalized spacial score (nSPS) is 18.2. The van der Waals surface area contributed by atoms with E-state index in [-0.39, 0.29) is 12.0 Å². The topological polar surface area (TPSA) is 60.2 Å². The van der Waals surface area contributed by atoms with Gasteiger partial charge in [0.25, 0.3) is 5.91 Å². The quantitative estimate of drug-likeness (QED) is 0.871. The number of amides is 1. The molecule has 2 aromatic rings. The molecule has 0 aliphatic carbocycles. The Morgan fingerprint density at radius 1 is 1.39 bits per heavy atom. The van der Waals surface area contributed by atoms with E-state index < -0.39 is 0 Å². The first-order valence-electron chi connectivity index (χ1n) is 7.99. The van der Waals surface area contributed by atoms with Crippen molar-refractivity contribution in [3.8, 4) is 5.82 Å². The molecule has 0 N–H and O–H groups in total. The number of carbonyl (C=O) groups is 1. The van der Waals surface area contributed by atoms with E-state index in [0.29, 0.717) is 25.3 Å². The van der Waals surface area contributed by atoms with Gasteiger partial charge in [0, 0.05) is 25.0 Å². The molecule has 6 nitrogen and oxygen atoms in total. The lowest BCUT2D eigenvalue weighted by Gasteiger charge is -2.32. The van der Waals surface area contributed by atoms with Gasteiger partial charge in [-0.25, -0.2) is 9.67 Å². The molecule has 0 aromatic carbocycles. The molecule has 1 atom stereocenters. The Bertz CT molecular complexity index is 693. The largest absolute Gasteiger partial charge is 0.375 e. The van der Waals surface area contributed by atoms with E-state index >= 15 is 0 Å². The van der Waals surface area contributed by atoms with Crippen molar-refractivity contribution in [2.24, 2.45) is 0 Å². The van der Waals surface area contributed by atoms with Crippen LogP contribution in [0.5, 0.6) is 0 Å². The van der Waals surface area contributed by atoms with Crippen LogP contribution in [-0.4, -0.2) is 51.4 Å². The first kappa shape index (κ1) is 15.7. The summed E-state index contributed by atoms with van der Waals surface area (Å²) in [6, 6.07) is 5.65. The number of aryl methyl sites for hydroxylation is 2. The van der Waals surface area contributed by atoms with E-state index in [9.17, 15) is 4.79 Å². The molecule has 6 heteroatoms. The summed E-state index contributed by atoms with van der Waals surface area (Å²) in [7, 11) is 0. The zero-order valence-electron chi connectivity index (χ0n) is 13.8. The summed E-state index contributed by atoms with van der Waals surface area (Å²) in [5.41, 5.74) is 2.57. The number of morpholine rings is 1. The smallest absolute Gasteiger partial charge is 0.255 e. The maximum atomic E-state index is 12.6. The first-order valence-corrected chi connectivity index (χ1v) is 7.99. The fourth-order valence-electron chi connectivity index (χ4n) is 2.83. The van der Waals surface area contributed by atoms with Gasteiger partial charge in [-0.2, -0.15) is 5.10 Å². The van der Waals surface area contributed by atoms with Crippen LogP contribution in [0, 0.1) is 13.8 Å². The third kappa shape index (κ3) is 3.27. The van der Waals surface area contributed by atoms with Gasteiger partial charge < -0.3 is 9.64 Å². The molecule has 3 heterocycles. The van der Waals surface area contributed by atoms with Crippen molar-refractivity contribution in [1.82, 2.24) is 19.7 Å². The van der Waals surface area contributed by atoms with Gasteiger partial charge in [0.05, 0.1) is 24.0 Å². The lowest BCUT2D eigenvalue weighted by Crippen LogP contribution is -2.45. The zero-order chi connectivity index (χ0) is 16.4. The number of aromatic nitrogens is 3. The van der Waals surface area contributed by atoms with E-state index in [1.54, 1.807) is 10.9 Å². The van der Waals surface area contributed by atoms with E-state index in [1.165, 1.54) is 0 Å². The monoisotopic (exact) mass is 314 g/mol. The van der Waals surface area contributed by atoms with Crippen LogP contribution in [0.25, 0.3) is 5.82 Å². The average Bonchev–Trinajstić information content (AvgIpc) is 2.93. The molecular formula is C17H22N4O2. The van der Waals surface area contributed by atoms with Crippen molar-refractivity contribution in [2.75, 3.05) is 19.7 Å². The molecular weight excluding hydrogens is 292 g/mol. The van der Waals surface area contributed by atoms with Gasteiger partial charge >= 0.3 is 0 Å². The number of hydrogen-bond donors (Lipinski definition) is 0. The summed E-state index contributed by atoms with van der Waals surface area (Å²) in [4.78, 5) is 18.8. The lowest BCUT2D eigenvalue weighted by molar-refractivity contribution is -0.0226. The molecule has 0 spiro atoms. The van der Waals surface area contributed by atoms with Gasteiger partial charge in [-0.05, 0) is 38.5 Å². The van der Waals surface area contributed by atoms with Crippen LogP contribution in [0.2, 0.25) is 0 Å². The zero-order valence-corrected chi connectivity index (χ0v) is 13.8. The third-order valence-electron chi connectivity index (χ3n) is 4.10. The molecule has 0 saturated carbocycles. The fraction of sp³-hybridized carbons (Fsp3) is 0.471. The van der Waals surface area contributed by atoms with E-state index in [1.807, 2.05) is 36.9 Å². The molecule has 1 saturated heterocycles. The van der Waals surface area contributed by atoms with Crippen LogP contribution in [0.15, 0.2) is 24.4 Å². The van der Waals surface area contributed by atoms with Crippen molar-refractivity contribution in [3.05, 3.63) is 41.3 Å². The SMILES string of the molecule is CC[C@@H]1CN(C(=O)c2ccc(-n3nc(C)cc3C)nc2)CCO1. The molecule has 1 aliphatic rings. The molecule has 0 bridgehead atoms. The van der Waals surface area contributed by atoms with Crippen molar-refractivity contribution in [3.63, 3.8) is 0 Å². The van der Waals surface area contributed by atoms with Gasteiger partial charge in [0.15, 0.2) is 5.82 Å². The van der Waals surface area contributed by atoms with Crippen LogP contribution in [-0.2, 0) is 4.74 Å². The molecule has 122 valence electrons.